The fraction of sp³-hybridized carbons (Fsp3) is 0.143. The van der Waals surface area contributed by atoms with E-state index in [2.05, 4.69) is 15.5 Å². The first kappa shape index (κ1) is 7.61. The van der Waals surface area contributed by atoms with Gasteiger partial charge in [0.2, 0.25) is 0 Å². The van der Waals surface area contributed by atoms with E-state index in [4.69, 9.17) is 11.6 Å². The minimum absolute atomic E-state index is 0.0515. The van der Waals surface area contributed by atoms with Gasteiger partial charge in [0.25, 0.3) is 0 Å². The fourth-order valence-electron chi connectivity index (χ4n) is 0.860. The van der Waals surface area contributed by atoms with Crippen molar-refractivity contribution in [3.8, 4) is 11.5 Å². The number of ether oxygens (including phenoxy) is 2. The average Bonchev–Trinajstić information content (AvgIpc) is 2.21. The molecule has 0 N–H and O–H groups in total. The summed E-state index contributed by atoms with van der Waals surface area (Å²) in [5, 5.41) is 0.204. The summed E-state index contributed by atoms with van der Waals surface area (Å²) >= 11 is 5.48. The highest BCUT2D eigenvalue weighted by Crippen LogP contribution is 2.41. The van der Waals surface area contributed by atoms with Crippen molar-refractivity contribution < 1.29 is 18.3 Å². The molecule has 1 aromatic rings. The molecule has 0 amide bonds. The number of alkyl halides is 2. The van der Waals surface area contributed by atoms with Crippen LogP contribution in [0.2, 0.25) is 5.02 Å². The lowest BCUT2D eigenvalue weighted by molar-refractivity contribution is -0.286. The highest BCUT2D eigenvalue weighted by molar-refractivity contribution is 6.30. The first-order valence-electron chi connectivity index (χ1n) is 3.04. The summed E-state index contributed by atoms with van der Waals surface area (Å²) in [6.07, 6.45) is -3.59. The summed E-state index contributed by atoms with van der Waals surface area (Å²) in [5.41, 5.74) is 0. The maximum atomic E-state index is 12.4. The van der Waals surface area contributed by atoms with Crippen LogP contribution < -0.4 is 9.47 Å². The lowest BCUT2D eigenvalue weighted by atomic mass is 10.3. The standard InChI is InChI=1S/C7H2ClF2O2/c8-4-1-2-5-6(3-4)12-7(9,10)11-5/h1-2H. The van der Waals surface area contributed by atoms with Gasteiger partial charge in [-0.15, -0.1) is 8.78 Å². The molecule has 0 spiro atoms. The minimum atomic E-state index is -3.59. The average molecular weight is 192 g/mol. The van der Waals surface area contributed by atoms with Crippen LogP contribution >= 0.6 is 11.6 Å². The first-order valence-corrected chi connectivity index (χ1v) is 3.42. The van der Waals surface area contributed by atoms with Gasteiger partial charge in [-0.2, -0.15) is 0 Å². The molecule has 0 fully saturated rings. The van der Waals surface area contributed by atoms with E-state index in [1.165, 1.54) is 12.1 Å². The first-order chi connectivity index (χ1) is 5.57. The molecule has 0 saturated carbocycles. The van der Waals surface area contributed by atoms with Crippen molar-refractivity contribution in [3.05, 3.63) is 23.2 Å². The molecule has 63 valence electrons. The van der Waals surface area contributed by atoms with Crippen molar-refractivity contribution in [2.24, 2.45) is 0 Å². The molecule has 0 aliphatic carbocycles. The van der Waals surface area contributed by atoms with Crippen molar-refractivity contribution in [3.63, 3.8) is 0 Å². The lowest BCUT2D eigenvalue weighted by Gasteiger charge is -2.04. The zero-order valence-electron chi connectivity index (χ0n) is 5.61. The van der Waals surface area contributed by atoms with Crippen LogP contribution in [0.5, 0.6) is 11.5 Å². The van der Waals surface area contributed by atoms with Gasteiger partial charge in [0.15, 0.2) is 11.5 Å². The Morgan fingerprint density at radius 1 is 1.33 bits per heavy atom. The van der Waals surface area contributed by atoms with E-state index in [0.29, 0.717) is 0 Å². The zero-order valence-corrected chi connectivity index (χ0v) is 6.36. The summed E-state index contributed by atoms with van der Waals surface area (Å²) < 4.78 is 32.9. The van der Waals surface area contributed by atoms with Crippen LogP contribution in [-0.4, -0.2) is 6.29 Å². The quantitative estimate of drug-likeness (QED) is 0.627. The predicted molar refractivity (Wildman–Crippen MR) is 36.5 cm³/mol. The third kappa shape index (κ3) is 1.18. The van der Waals surface area contributed by atoms with Crippen LogP contribution in [-0.2, 0) is 0 Å². The highest BCUT2D eigenvalue weighted by atomic mass is 35.5. The van der Waals surface area contributed by atoms with Gasteiger partial charge in [-0.1, -0.05) is 11.6 Å². The van der Waals surface area contributed by atoms with Crippen molar-refractivity contribution >= 4 is 11.6 Å². The van der Waals surface area contributed by atoms with Crippen molar-refractivity contribution in [1.29, 1.82) is 0 Å². The lowest BCUT2D eigenvalue weighted by Crippen LogP contribution is -2.25. The summed E-state index contributed by atoms with van der Waals surface area (Å²) in [7, 11) is 0. The molecule has 0 aromatic heterocycles. The molecule has 1 aliphatic heterocycles. The van der Waals surface area contributed by atoms with E-state index in [9.17, 15) is 8.78 Å². The third-order valence-electron chi connectivity index (χ3n) is 1.29. The third-order valence-corrected chi connectivity index (χ3v) is 1.51. The second-order valence-corrected chi connectivity index (χ2v) is 2.57. The molecule has 12 heavy (non-hydrogen) atoms. The normalized spacial score (nSPS) is 17.9. The molecule has 1 heterocycles. The summed E-state index contributed by atoms with van der Waals surface area (Å²) in [4.78, 5) is 0. The van der Waals surface area contributed by atoms with Gasteiger partial charge in [0, 0.05) is 0 Å². The molecule has 5 heteroatoms. The summed E-state index contributed by atoms with van der Waals surface area (Å²) in [6, 6.07) is 5.08. The molecule has 1 aromatic carbocycles. The number of rotatable bonds is 0. The molecule has 0 bridgehead atoms. The van der Waals surface area contributed by atoms with Gasteiger partial charge in [0.05, 0.1) is 11.1 Å². The maximum Gasteiger partial charge on any atom is 0.586 e. The second kappa shape index (κ2) is 2.23. The van der Waals surface area contributed by atoms with Crippen molar-refractivity contribution in [2.75, 3.05) is 0 Å². The molecule has 1 aliphatic rings. The van der Waals surface area contributed by atoms with Gasteiger partial charge >= 0.3 is 6.29 Å². The van der Waals surface area contributed by atoms with Crippen molar-refractivity contribution in [1.82, 2.24) is 0 Å². The molecule has 0 unspecified atom stereocenters. The van der Waals surface area contributed by atoms with Gasteiger partial charge in [0.1, 0.15) is 0 Å². The van der Waals surface area contributed by atoms with Gasteiger partial charge in [-0.3, -0.25) is 0 Å². The Morgan fingerprint density at radius 2 is 2.08 bits per heavy atom. The molecule has 1 radical (unpaired) electrons. The number of hydrogen-bond acceptors (Lipinski definition) is 2. The zero-order chi connectivity index (χ0) is 8.77. The second-order valence-electron chi connectivity index (χ2n) is 2.17. The van der Waals surface area contributed by atoms with E-state index >= 15 is 0 Å². The van der Waals surface area contributed by atoms with E-state index < -0.39 is 6.29 Å². The van der Waals surface area contributed by atoms with E-state index in [1.54, 1.807) is 0 Å². The van der Waals surface area contributed by atoms with Gasteiger partial charge < -0.3 is 9.47 Å². The van der Waals surface area contributed by atoms with Crippen molar-refractivity contribution in [2.45, 2.75) is 6.29 Å². The Balaban J connectivity index is 2.43. The fourth-order valence-corrected chi connectivity index (χ4v) is 1.01. The molecular weight excluding hydrogens is 190 g/mol. The van der Waals surface area contributed by atoms with Crippen LogP contribution in [0.15, 0.2) is 12.1 Å². The molecule has 2 nitrogen and oxygen atoms in total. The smallest absolute Gasteiger partial charge is 0.395 e. The maximum absolute atomic E-state index is 12.4. The number of halogens is 3. The SMILES string of the molecule is FC1(F)Oc2[c]c(Cl)ccc2O1. The van der Waals surface area contributed by atoms with E-state index in [1.807, 2.05) is 0 Å². The Bertz CT molecular complexity index is 327. The largest absolute Gasteiger partial charge is 0.586 e. The minimum Gasteiger partial charge on any atom is -0.395 e. The molecule has 0 saturated heterocycles. The summed E-state index contributed by atoms with van der Waals surface area (Å²) in [6.45, 7) is 0. The highest BCUT2D eigenvalue weighted by Gasteiger charge is 2.43. The Labute approximate surface area is 71.7 Å². The number of hydrogen-bond donors (Lipinski definition) is 0. The van der Waals surface area contributed by atoms with E-state index in [0.717, 1.165) is 0 Å². The van der Waals surface area contributed by atoms with Crippen LogP contribution in [0, 0.1) is 6.07 Å². The summed E-state index contributed by atoms with van der Waals surface area (Å²) in [5.74, 6) is -0.211. The number of benzene rings is 1. The molecular formula is C7H2ClF2O2. The Morgan fingerprint density at radius 3 is 2.83 bits per heavy atom. The Hall–Kier alpha value is -1.03. The van der Waals surface area contributed by atoms with E-state index in [-0.39, 0.29) is 16.5 Å². The molecule has 0 atom stereocenters. The number of fused-ring (bicyclic) bond motifs is 1. The van der Waals surface area contributed by atoms with Crippen LogP contribution in [0.25, 0.3) is 0 Å². The van der Waals surface area contributed by atoms with Gasteiger partial charge in [-0.05, 0) is 12.1 Å². The van der Waals surface area contributed by atoms with Crippen LogP contribution in [0.4, 0.5) is 8.78 Å². The monoisotopic (exact) mass is 191 g/mol. The molecule has 2 rings (SSSR count). The van der Waals surface area contributed by atoms with Crippen LogP contribution in [0.3, 0.4) is 0 Å². The van der Waals surface area contributed by atoms with Gasteiger partial charge in [-0.25, -0.2) is 0 Å². The predicted octanol–water partition coefficient (Wildman–Crippen LogP) is 2.46. The Kier molecular flexibility index (Phi) is 1.41. The topological polar surface area (TPSA) is 18.5 Å². The van der Waals surface area contributed by atoms with Crippen LogP contribution in [0.1, 0.15) is 0 Å².